The molecule has 0 unspecified atom stereocenters. The molecular formula is C11H17ClFN3O. The highest BCUT2D eigenvalue weighted by Gasteiger charge is 2.25. The summed E-state index contributed by atoms with van der Waals surface area (Å²) in [6, 6.07) is 0. The molecule has 0 atom stereocenters. The average molecular weight is 262 g/mol. The molecule has 0 saturated heterocycles. The Kier molecular flexibility index (Phi) is 5.08. The maximum absolute atomic E-state index is 13.3. The smallest absolute Gasteiger partial charge is 0.224 e. The Morgan fingerprint density at radius 2 is 2.12 bits per heavy atom. The Morgan fingerprint density at radius 3 is 2.65 bits per heavy atom. The van der Waals surface area contributed by atoms with E-state index in [2.05, 4.69) is 15.3 Å². The molecule has 6 heteroatoms. The zero-order valence-corrected chi connectivity index (χ0v) is 10.8. The number of aliphatic hydroxyl groups excluding tert-OH is 1. The Hall–Kier alpha value is -0.940. The monoisotopic (exact) mass is 261 g/mol. The lowest BCUT2D eigenvalue weighted by atomic mass is 9.83. The number of anilines is 1. The summed E-state index contributed by atoms with van der Waals surface area (Å²) in [7, 11) is 0. The normalized spacial score (nSPS) is 11.6. The van der Waals surface area contributed by atoms with Gasteiger partial charge in [0, 0.05) is 12.0 Å². The van der Waals surface area contributed by atoms with Crippen molar-refractivity contribution in [1.82, 2.24) is 9.97 Å². The predicted molar refractivity (Wildman–Crippen MR) is 65.6 cm³/mol. The van der Waals surface area contributed by atoms with E-state index in [1.807, 2.05) is 13.8 Å². The van der Waals surface area contributed by atoms with Crippen LogP contribution in [0.5, 0.6) is 0 Å². The van der Waals surface area contributed by atoms with Crippen LogP contribution in [-0.2, 0) is 0 Å². The van der Waals surface area contributed by atoms with E-state index in [1.54, 1.807) is 0 Å². The van der Waals surface area contributed by atoms with Crippen LogP contribution in [0.2, 0.25) is 5.28 Å². The molecular weight excluding hydrogens is 245 g/mol. The number of rotatable bonds is 6. The minimum atomic E-state index is -0.548. The summed E-state index contributed by atoms with van der Waals surface area (Å²) >= 11 is 5.59. The average Bonchev–Trinajstić information content (AvgIpc) is 2.35. The molecule has 1 heterocycles. The minimum absolute atomic E-state index is 0.00324. The molecule has 0 radical (unpaired) electrons. The van der Waals surface area contributed by atoms with Crippen LogP contribution in [-0.4, -0.2) is 28.2 Å². The summed E-state index contributed by atoms with van der Waals surface area (Å²) in [5.74, 6) is -0.474. The topological polar surface area (TPSA) is 58.0 Å². The SMILES string of the molecule is CCC(CC)(CO)CNc1nc(Cl)ncc1F. The van der Waals surface area contributed by atoms with Gasteiger partial charge in [0.1, 0.15) is 0 Å². The van der Waals surface area contributed by atoms with Crippen molar-refractivity contribution in [3.8, 4) is 0 Å². The molecule has 0 aromatic carbocycles. The molecule has 0 fully saturated rings. The van der Waals surface area contributed by atoms with Crippen LogP contribution in [0.1, 0.15) is 26.7 Å². The molecule has 0 saturated carbocycles. The first-order chi connectivity index (χ1) is 8.06. The van der Waals surface area contributed by atoms with Gasteiger partial charge in [-0.25, -0.2) is 9.37 Å². The van der Waals surface area contributed by atoms with E-state index < -0.39 is 5.82 Å². The van der Waals surface area contributed by atoms with E-state index in [0.717, 1.165) is 19.0 Å². The molecule has 0 bridgehead atoms. The van der Waals surface area contributed by atoms with Crippen molar-refractivity contribution in [2.24, 2.45) is 5.41 Å². The van der Waals surface area contributed by atoms with E-state index in [1.165, 1.54) is 0 Å². The van der Waals surface area contributed by atoms with Crippen LogP contribution in [0, 0.1) is 11.2 Å². The molecule has 2 N–H and O–H groups in total. The molecule has 1 rings (SSSR count). The number of halogens is 2. The third-order valence-electron chi connectivity index (χ3n) is 3.18. The number of hydrogen-bond acceptors (Lipinski definition) is 4. The van der Waals surface area contributed by atoms with E-state index in [0.29, 0.717) is 6.54 Å². The second kappa shape index (κ2) is 6.12. The zero-order chi connectivity index (χ0) is 12.9. The molecule has 0 spiro atoms. The molecule has 17 heavy (non-hydrogen) atoms. The van der Waals surface area contributed by atoms with Crippen LogP contribution in [0.15, 0.2) is 6.20 Å². The molecule has 0 amide bonds. The molecule has 96 valence electrons. The highest BCUT2D eigenvalue weighted by atomic mass is 35.5. The predicted octanol–water partition coefficient (Wildman–Crippen LogP) is 2.48. The van der Waals surface area contributed by atoms with E-state index in [4.69, 9.17) is 11.6 Å². The lowest BCUT2D eigenvalue weighted by Crippen LogP contribution is -2.32. The standard InChI is InChI=1S/C11H17ClFN3O/c1-3-11(4-2,7-17)6-15-9-8(13)5-14-10(12)16-9/h5,17H,3-4,6-7H2,1-2H3,(H,14,15,16). The first-order valence-electron chi connectivity index (χ1n) is 5.59. The van der Waals surface area contributed by atoms with Crippen LogP contribution >= 0.6 is 11.6 Å². The van der Waals surface area contributed by atoms with Gasteiger partial charge in [-0.3, -0.25) is 0 Å². The Balaban J connectivity index is 2.75. The fourth-order valence-electron chi connectivity index (χ4n) is 1.52. The lowest BCUT2D eigenvalue weighted by Gasteiger charge is -2.29. The largest absolute Gasteiger partial charge is 0.396 e. The summed E-state index contributed by atoms with van der Waals surface area (Å²) in [5.41, 5.74) is -0.260. The summed E-state index contributed by atoms with van der Waals surface area (Å²) < 4.78 is 13.3. The van der Waals surface area contributed by atoms with E-state index in [-0.39, 0.29) is 23.1 Å². The number of nitrogens with one attached hydrogen (secondary N) is 1. The lowest BCUT2D eigenvalue weighted by molar-refractivity contribution is 0.127. The van der Waals surface area contributed by atoms with Crippen molar-refractivity contribution in [1.29, 1.82) is 0 Å². The van der Waals surface area contributed by atoms with Crippen molar-refractivity contribution in [2.75, 3.05) is 18.5 Å². The first kappa shape index (κ1) is 14.1. The summed E-state index contributed by atoms with van der Waals surface area (Å²) in [6.07, 6.45) is 2.62. The van der Waals surface area contributed by atoms with Gasteiger partial charge in [0.15, 0.2) is 11.6 Å². The van der Waals surface area contributed by atoms with Crippen LogP contribution < -0.4 is 5.32 Å². The van der Waals surface area contributed by atoms with Gasteiger partial charge in [-0.2, -0.15) is 4.98 Å². The first-order valence-corrected chi connectivity index (χ1v) is 5.97. The number of aromatic nitrogens is 2. The van der Waals surface area contributed by atoms with Crippen LogP contribution in [0.25, 0.3) is 0 Å². The fourth-order valence-corrected chi connectivity index (χ4v) is 1.65. The third-order valence-corrected chi connectivity index (χ3v) is 3.36. The molecule has 0 aliphatic rings. The fraction of sp³-hybridized carbons (Fsp3) is 0.636. The van der Waals surface area contributed by atoms with Gasteiger partial charge in [-0.1, -0.05) is 13.8 Å². The Bertz CT molecular complexity index is 363. The Labute approximate surface area is 105 Å². The summed E-state index contributed by atoms with van der Waals surface area (Å²) in [5, 5.41) is 12.3. The van der Waals surface area contributed by atoms with Crippen LogP contribution in [0.3, 0.4) is 0 Å². The summed E-state index contributed by atoms with van der Waals surface area (Å²) in [4.78, 5) is 7.30. The van der Waals surface area contributed by atoms with E-state index in [9.17, 15) is 9.50 Å². The quantitative estimate of drug-likeness (QED) is 0.773. The second-order valence-electron chi connectivity index (χ2n) is 4.05. The van der Waals surface area contributed by atoms with Crippen molar-refractivity contribution >= 4 is 17.4 Å². The maximum Gasteiger partial charge on any atom is 0.224 e. The van der Waals surface area contributed by atoms with Crippen molar-refractivity contribution in [3.63, 3.8) is 0 Å². The summed E-state index contributed by atoms with van der Waals surface area (Å²) in [6.45, 7) is 4.48. The molecule has 4 nitrogen and oxygen atoms in total. The maximum atomic E-state index is 13.3. The zero-order valence-electron chi connectivity index (χ0n) is 10.0. The van der Waals surface area contributed by atoms with Gasteiger partial charge >= 0.3 is 0 Å². The highest BCUT2D eigenvalue weighted by Crippen LogP contribution is 2.26. The van der Waals surface area contributed by atoms with Gasteiger partial charge in [0.05, 0.1) is 12.8 Å². The van der Waals surface area contributed by atoms with E-state index >= 15 is 0 Å². The van der Waals surface area contributed by atoms with Gasteiger partial charge in [0.2, 0.25) is 5.28 Å². The van der Waals surface area contributed by atoms with Gasteiger partial charge in [-0.15, -0.1) is 0 Å². The van der Waals surface area contributed by atoms with Crippen LogP contribution in [0.4, 0.5) is 10.2 Å². The molecule has 1 aromatic rings. The van der Waals surface area contributed by atoms with Crippen molar-refractivity contribution in [2.45, 2.75) is 26.7 Å². The molecule has 1 aromatic heterocycles. The Morgan fingerprint density at radius 1 is 1.47 bits per heavy atom. The van der Waals surface area contributed by atoms with Gasteiger partial charge in [0.25, 0.3) is 0 Å². The van der Waals surface area contributed by atoms with Crippen molar-refractivity contribution < 1.29 is 9.50 Å². The van der Waals surface area contributed by atoms with Gasteiger partial charge < -0.3 is 10.4 Å². The third kappa shape index (κ3) is 3.51. The van der Waals surface area contributed by atoms with Crippen molar-refractivity contribution in [3.05, 3.63) is 17.3 Å². The number of nitrogens with zero attached hydrogens (tertiary/aromatic N) is 2. The minimum Gasteiger partial charge on any atom is -0.396 e. The van der Waals surface area contributed by atoms with Gasteiger partial charge in [-0.05, 0) is 24.4 Å². The number of aliphatic hydroxyl groups is 1. The molecule has 0 aliphatic carbocycles. The second-order valence-corrected chi connectivity index (χ2v) is 4.39. The molecule has 0 aliphatic heterocycles. The number of hydrogen-bond donors (Lipinski definition) is 2. The highest BCUT2D eigenvalue weighted by molar-refractivity contribution is 6.28.